The molecule has 0 fully saturated rings. The Bertz CT molecular complexity index is 873. The van der Waals surface area contributed by atoms with Crippen molar-refractivity contribution in [3.05, 3.63) is 46.4 Å². The zero-order valence-corrected chi connectivity index (χ0v) is 13.6. The summed E-state index contributed by atoms with van der Waals surface area (Å²) in [6, 6.07) is 9.92. The molecule has 8 nitrogen and oxygen atoms in total. The number of hydrogen-bond donors (Lipinski definition) is 2. The van der Waals surface area contributed by atoms with Crippen LogP contribution in [0.25, 0.3) is 11.2 Å². The van der Waals surface area contributed by atoms with Gasteiger partial charge in [0.15, 0.2) is 11.5 Å². The maximum atomic E-state index is 12.3. The number of imidazole rings is 1. The smallest absolute Gasteiger partial charge is 0.328 e. The van der Waals surface area contributed by atoms with E-state index in [1.54, 1.807) is 18.7 Å². The van der Waals surface area contributed by atoms with E-state index >= 15 is 0 Å². The van der Waals surface area contributed by atoms with Crippen molar-refractivity contribution in [1.29, 1.82) is 0 Å². The molecule has 0 spiro atoms. The minimum absolute atomic E-state index is 0.199. The molecule has 126 valence electrons. The number of methoxy groups -OCH3 is 1. The van der Waals surface area contributed by atoms with E-state index < -0.39 is 0 Å². The standard InChI is InChI=1S/C16H19N5O3/c1-17-13-12-14(20-15(19-13)24-9-8-23-2)21(16(22)18-12)10-11-6-4-3-5-7-11/h3-7H,8-10H2,1-2H3,(H,18,22)(H,17,19,20). The molecule has 0 radical (unpaired) electrons. The van der Waals surface area contributed by atoms with Crippen molar-refractivity contribution in [3.63, 3.8) is 0 Å². The summed E-state index contributed by atoms with van der Waals surface area (Å²) in [5.74, 6) is 0.510. The van der Waals surface area contributed by atoms with Gasteiger partial charge in [-0.25, -0.2) is 4.79 Å². The van der Waals surface area contributed by atoms with Gasteiger partial charge in [-0.2, -0.15) is 9.97 Å². The van der Waals surface area contributed by atoms with Crippen molar-refractivity contribution in [1.82, 2.24) is 19.5 Å². The zero-order valence-electron chi connectivity index (χ0n) is 13.6. The normalized spacial score (nSPS) is 10.9. The van der Waals surface area contributed by atoms with Gasteiger partial charge < -0.3 is 19.8 Å². The van der Waals surface area contributed by atoms with Gasteiger partial charge in [0.2, 0.25) is 0 Å². The highest BCUT2D eigenvalue weighted by molar-refractivity contribution is 5.83. The lowest BCUT2D eigenvalue weighted by Gasteiger charge is -2.08. The van der Waals surface area contributed by atoms with Crippen LogP contribution < -0.4 is 15.7 Å². The summed E-state index contributed by atoms with van der Waals surface area (Å²) in [7, 11) is 3.32. The molecular formula is C16H19N5O3. The largest absolute Gasteiger partial charge is 0.461 e. The summed E-state index contributed by atoms with van der Waals surface area (Å²) in [6.07, 6.45) is 0. The Balaban J connectivity index is 2.03. The van der Waals surface area contributed by atoms with Crippen LogP contribution in [-0.2, 0) is 11.3 Å². The number of benzene rings is 1. The lowest BCUT2D eigenvalue weighted by Crippen LogP contribution is -2.17. The Labute approximate surface area is 138 Å². The number of fused-ring (bicyclic) bond motifs is 1. The fourth-order valence-electron chi connectivity index (χ4n) is 2.38. The Morgan fingerprint density at radius 3 is 2.71 bits per heavy atom. The molecule has 2 heterocycles. The van der Waals surface area contributed by atoms with Crippen LogP contribution in [0.3, 0.4) is 0 Å². The monoisotopic (exact) mass is 329 g/mol. The maximum absolute atomic E-state index is 12.3. The van der Waals surface area contributed by atoms with Gasteiger partial charge in [-0.05, 0) is 5.56 Å². The molecule has 0 saturated carbocycles. The third kappa shape index (κ3) is 3.23. The molecule has 0 aliphatic rings. The van der Waals surface area contributed by atoms with E-state index in [9.17, 15) is 4.79 Å². The first kappa shape index (κ1) is 16.0. The first-order chi connectivity index (χ1) is 11.7. The molecule has 24 heavy (non-hydrogen) atoms. The molecule has 0 aliphatic heterocycles. The Hall–Kier alpha value is -2.87. The number of hydrogen-bond acceptors (Lipinski definition) is 6. The summed E-state index contributed by atoms with van der Waals surface area (Å²) in [5.41, 5.74) is 1.81. The average molecular weight is 329 g/mol. The maximum Gasteiger partial charge on any atom is 0.328 e. The molecule has 8 heteroatoms. The minimum Gasteiger partial charge on any atom is -0.461 e. The minimum atomic E-state index is -0.242. The molecular weight excluding hydrogens is 310 g/mol. The number of nitrogens with zero attached hydrogens (tertiary/aromatic N) is 3. The third-order valence-corrected chi connectivity index (χ3v) is 3.54. The summed E-state index contributed by atoms with van der Waals surface area (Å²) in [4.78, 5) is 23.8. The second-order valence-corrected chi connectivity index (χ2v) is 5.15. The fourth-order valence-corrected chi connectivity index (χ4v) is 2.38. The number of ether oxygens (including phenoxy) is 2. The average Bonchev–Trinajstić information content (AvgIpc) is 2.91. The zero-order chi connectivity index (χ0) is 16.9. The number of anilines is 1. The fraction of sp³-hybridized carbons (Fsp3) is 0.312. The quantitative estimate of drug-likeness (QED) is 0.633. The predicted octanol–water partition coefficient (Wildman–Crippen LogP) is 1.23. The van der Waals surface area contributed by atoms with Crippen LogP contribution >= 0.6 is 0 Å². The Morgan fingerprint density at radius 2 is 2.00 bits per heavy atom. The lowest BCUT2D eigenvalue weighted by molar-refractivity contribution is 0.141. The number of rotatable bonds is 7. The van der Waals surface area contributed by atoms with Gasteiger partial charge in [-0.1, -0.05) is 30.3 Å². The van der Waals surface area contributed by atoms with Crippen LogP contribution in [0.5, 0.6) is 6.01 Å². The van der Waals surface area contributed by atoms with E-state index in [4.69, 9.17) is 9.47 Å². The molecule has 0 atom stereocenters. The summed E-state index contributed by atoms with van der Waals surface area (Å²) in [5, 5.41) is 2.96. The summed E-state index contributed by atoms with van der Waals surface area (Å²) < 4.78 is 12.0. The highest BCUT2D eigenvalue weighted by atomic mass is 16.5. The molecule has 2 aromatic heterocycles. The van der Waals surface area contributed by atoms with Gasteiger partial charge in [-0.3, -0.25) is 4.57 Å². The third-order valence-electron chi connectivity index (χ3n) is 3.54. The van der Waals surface area contributed by atoms with E-state index in [0.29, 0.717) is 36.7 Å². The Morgan fingerprint density at radius 1 is 1.21 bits per heavy atom. The number of H-pyrrole nitrogens is 1. The van der Waals surface area contributed by atoms with Gasteiger partial charge >= 0.3 is 11.7 Å². The first-order valence-electron chi connectivity index (χ1n) is 7.57. The highest BCUT2D eigenvalue weighted by Gasteiger charge is 2.15. The van der Waals surface area contributed by atoms with Crippen molar-refractivity contribution in [2.45, 2.75) is 6.54 Å². The van der Waals surface area contributed by atoms with Crippen LogP contribution in [0.4, 0.5) is 5.82 Å². The molecule has 2 N–H and O–H groups in total. The van der Waals surface area contributed by atoms with Crippen molar-refractivity contribution < 1.29 is 9.47 Å². The van der Waals surface area contributed by atoms with Crippen molar-refractivity contribution in [3.8, 4) is 6.01 Å². The van der Waals surface area contributed by atoms with E-state index in [0.717, 1.165) is 5.56 Å². The van der Waals surface area contributed by atoms with E-state index in [-0.39, 0.29) is 11.7 Å². The SMILES string of the molecule is CNc1nc(OCCOC)nc2c1[nH]c(=O)n2Cc1ccccc1. The van der Waals surface area contributed by atoms with Crippen molar-refractivity contribution >= 4 is 17.0 Å². The van der Waals surface area contributed by atoms with E-state index in [1.807, 2.05) is 30.3 Å². The predicted molar refractivity (Wildman–Crippen MR) is 90.6 cm³/mol. The van der Waals surface area contributed by atoms with Gasteiger partial charge in [0, 0.05) is 14.2 Å². The van der Waals surface area contributed by atoms with E-state index in [1.165, 1.54) is 0 Å². The van der Waals surface area contributed by atoms with Crippen LogP contribution in [-0.4, -0.2) is 46.9 Å². The highest BCUT2D eigenvalue weighted by Crippen LogP contribution is 2.20. The van der Waals surface area contributed by atoms with Gasteiger partial charge in [0.05, 0.1) is 13.2 Å². The topological polar surface area (TPSA) is 94.1 Å². The van der Waals surface area contributed by atoms with Gasteiger partial charge in [0.25, 0.3) is 0 Å². The lowest BCUT2D eigenvalue weighted by atomic mass is 10.2. The van der Waals surface area contributed by atoms with Crippen LogP contribution in [0, 0.1) is 0 Å². The number of aromatic amines is 1. The molecule has 3 rings (SSSR count). The molecule has 0 aliphatic carbocycles. The van der Waals surface area contributed by atoms with E-state index in [2.05, 4.69) is 20.3 Å². The van der Waals surface area contributed by atoms with Gasteiger partial charge in [0.1, 0.15) is 12.1 Å². The van der Waals surface area contributed by atoms with Crippen molar-refractivity contribution in [2.24, 2.45) is 0 Å². The summed E-state index contributed by atoms with van der Waals surface area (Å²) in [6.45, 7) is 1.18. The van der Waals surface area contributed by atoms with Crippen molar-refractivity contribution in [2.75, 3.05) is 32.7 Å². The van der Waals surface area contributed by atoms with Gasteiger partial charge in [-0.15, -0.1) is 0 Å². The van der Waals surface area contributed by atoms with Crippen LogP contribution in [0.15, 0.2) is 35.1 Å². The molecule has 0 saturated heterocycles. The number of aromatic nitrogens is 4. The molecule has 0 unspecified atom stereocenters. The molecule has 0 bridgehead atoms. The molecule has 0 amide bonds. The first-order valence-corrected chi connectivity index (χ1v) is 7.57. The second-order valence-electron chi connectivity index (χ2n) is 5.15. The second kappa shape index (κ2) is 7.14. The van der Waals surface area contributed by atoms with Crippen LogP contribution in [0.2, 0.25) is 0 Å². The van der Waals surface area contributed by atoms with Crippen LogP contribution in [0.1, 0.15) is 5.56 Å². The summed E-state index contributed by atoms with van der Waals surface area (Å²) >= 11 is 0. The number of nitrogens with one attached hydrogen (secondary N) is 2. The molecule has 3 aromatic rings. The Kier molecular flexibility index (Phi) is 4.76. The molecule has 1 aromatic carbocycles.